The minimum atomic E-state index is -1.20. The average molecular weight is 831 g/mol. The first-order valence-corrected chi connectivity index (χ1v) is 18.8. The van der Waals surface area contributed by atoms with E-state index in [1.807, 2.05) is 0 Å². The molecule has 1 atom stereocenters. The summed E-state index contributed by atoms with van der Waals surface area (Å²) in [5.74, 6) is -2.55. The maximum absolute atomic E-state index is 12.3. The third-order valence-corrected chi connectivity index (χ3v) is 7.55. The molecule has 0 saturated heterocycles. The molecule has 0 heterocycles. The van der Waals surface area contributed by atoms with E-state index in [0.717, 1.165) is 38.5 Å². The number of aromatic carboxylic acids is 1. The van der Waals surface area contributed by atoms with Crippen LogP contribution in [0.25, 0.3) is 0 Å². The number of benzene rings is 1. The van der Waals surface area contributed by atoms with Crippen LogP contribution in [0.15, 0.2) is 24.3 Å². The Morgan fingerprint density at radius 2 is 1.16 bits per heavy atom. The Balaban J connectivity index is 1.97. The van der Waals surface area contributed by atoms with Crippen LogP contribution in [0.2, 0.25) is 0 Å². The van der Waals surface area contributed by atoms with Crippen LogP contribution >= 0.6 is 0 Å². The minimum absolute atomic E-state index is 0.0379. The van der Waals surface area contributed by atoms with Crippen molar-refractivity contribution in [3.8, 4) is 5.75 Å². The SMILES string of the molecule is O=[C]([SnH])COCCOCCNC(=O)COCCOCCNC(=O)CC[C@H](NC(=O)CCCCCCCCCOc1ccc(C(=O)O)cc1)C(=O)O. The van der Waals surface area contributed by atoms with Crippen LogP contribution in [-0.2, 0) is 42.9 Å². The zero-order valence-corrected chi connectivity index (χ0v) is 32.5. The van der Waals surface area contributed by atoms with Crippen LogP contribution in [0.3, 0.4) is 0 Å². The number of ether oxygens (including phenoxy) is 5. The van der Waals surface area contributed by atoms with Crippen molar-refractivity contribution in [3.05, 3.63) is 29.8 Å². The fourth-order valence-electron chi connectivity index (χ4n) is 4.40. The summed E-state index contributed by atoms with van der Waals surface area (Å²) in [4.78, 5) is 69.4. The molecule has 0 aliphatic heterocycles. The van der Waals surface area contributed by atoms with E-state index in [4.69, 9.17) is 28.8 Å². The van der Waals surface area contributed by atoms with E-state index >= 15 is 0 Å². The van der Waals surface area contributed by atoms with Gasteiger partial charge in [0.2, 0.25) is 11.8 Å². The quantitative estimate of drug-likeness (QED) is 0.0493. The van der Waals surface area contributed by atoms with Gasteiger partial charge in [0.1, 0.15) is 11.8 Å². The van der Waals surface area contributed by atoms with E-state index in [1.165, 1.54) is 12.1 Å². The molecule has 0 aromatic heterocycles. The van der Waals surface area contributed by atoms with Crippen molar-refractivity contribution in [2.45, 2.75) is 70.3 Å². The summed E-state index contributed by atoms with van der Waals surface area (Å²) in [5.41, 5.74) is 0.218. The molecular formula is C34H53N3O13Sn. The van der Waals surface area contributed by atoms with Crippen molar-refractivity contribution >= 4 is 56.0 Å². The van der Waals surface area contributed by atoms with Gasteiger partial charge < -0.3 is 30.3 Å². The second-order valence-electron chi connectivity index (χ2n) is 11.4. The monoisotopic (exact) mass is 831 g/mol. The molecule has 0 bridgehead atoms. The predicted octanol–water partition coefficient (Wildman–Crippen LogP) is 0.960. The fraction of sp³-hybridized carbons (Fsp3) is 0.647. The molecule has 0 spiro atoms. The van der Waals surface area contributed by atoms with E-state index in [-0.39, 0.29) is 85.9 Å². The Labute approximate surface area is 312 Å². The number of nitrogens with one attached hydrogen (secondary N) is 3. The van der Waals surface area contributed by atoms with Gasteiger partial charge in [-0.1, -0.05) is 32.1 Å². The Hall–Kier alpha value is -3.32. The summed E-state index contributed by atoms with van der Waals surface area (Å²) in [6.07, 6.45) is 6.48. The number of carbonyl (C=O) groups is 6. The molecule has 17 heteroatoms. The fourth-order valence-corrected chi connectivity index (χ4v) is 4.73. The molecular weight excluding hydrogens is 777 g/mol. The van der Waals surface area contributed by atoms with E-state index < -0.39 is 18.0 Å². The van der Waals surface area contributed by atoms with Crippen LogP contribution in [0.4, 0.5) is 0 Å². The zero-order valence-electron chi connectivity index (χ0n) is 29.2. The van der Waals surface area contributed by atoms with Crippen LogP contribution in [0.1, 0.15) is 74.6 Å². The number of amides is 3. The third kappa shape index (κ3) is 27.1. The second-order valence-corrected chi connectivity index (χ2v) is 13.2. The topological polar surface area (TPSA) is 225 Å². The number of unbranched alkanes of at least 4 members (excludes halogenated alkanes) is 6. The van der Waals surface area contributed by atoms with Gasteiger partial charge in [0.25, 0.3) is 0 Å². The van der Waals surface area contributed by atoms with Gasteiger partial charge in [0, 0.05) is 19.4 Å². The molecule has 1 aromatic carbocycles. The van der Waals surface area contributed by atoms with Crippen molar-refractivity contribution in [2.75, 3.05) is 72.6 Å². The number of carboxylic acids is 2. The number of rotatable bonds is 33. The molecule has 5 N–H and O–H groups in total. The van der Waals surface area contributed by atoms with Gasteiger partial charge in [-0.15, -0.1) is 0 Å². The minimum Gasteiger partial charge on any atom is -0.494 e. The number of carboxylic acid groups (broad SMARTS) is 2. The van der Waals surface area contributed by atoms with Crippen LogP contribution in [0, 0.1) is 0 Å². The van der Waals surface area contributed by atoms with E-state index in [0.29, 0.717) is 67.7 Å². The Morgan fingerprint density at radius 1 is 0.608 bits per heavy atom. The molecule has 0 unspecified atom stereocenters. The molecule has 1 rings (SSSR count). The predicted molar refractivity (Wildman–Crippen MR) is 186 cm³/mol. The van der Waals surface area contributed by atoms with Gasteiger partial charge in [-0.25, -0.2) is 9.59 Å². The normalized spacial score (nSPS) is 11.4. The number of hydrogen-bond donors (Lipinski definition) is 5. The molecule has 0 fully saturated rings. The smallest absolute Gasteiger partial charge is 0.494 e. The van der Waals surface area contributed by atoms with E-state index in [1.54, 1.807) is 12.1 Å². The molecule has 51 heavy (non-hydrogen) atoms. The molecule has 0 aliphatic rings. The Kier molecular flexibility index (Phi) is 27.2. The van der Waals surface area contributed by atoms with Crippen LogP contribution < -0.4 is 20.7 Å². The van der Waals surface area contributed by atoms with E-state index in [9.17, 15) is 33.9 Å². The van der Waals surface area contributed by atoms with Gasteiger partial charge in [-0.3, -0.25) is 9.59 Å². The summed E-state index contributed by atoms with van der Waals surface area (Å²) in [7, 11) is 0. The van der Waals surface area contributed by atoms with Gasteiger partial charge in [-0.2, -0.15) is 0 Å². The van der Waals surface area contributed by atoms with Gasteiger partial charge in [0.05, 0.1) is 32.0 Å². The first kappa shape index (κ1) is 45.7. The second kappa shape index (κ2) is 30.3. The summed E-state index contributed by atoms with van der Waals surface area (Å²) in [6.45, 7) is 2.62. The molecule has 0 aliphatic carbocycles. The Bertz CT molecular complexity index is 1170. The van der Waals surface area contributed by atoms with Crippen molar-refractivity contribution in [1.82, 2.24) is 16.0 Å². The van der Waals surface area contributed by atoms with Gasteiger partial charge >= 0.3 is 113 Å². The molecule has 1 aromatic rings. The third-order valence-electron chi connectivity index (χ3n) is 7.07. The number of carbonyl (C=O) groups excluding carboxylic acids is 4. The summed E-state index contributed by atoms with van der Waals surface area (Å²) in [6, 6.07) is 5.15. The summed E-state index contributed by atoms with van der Waals surface area (Å²) >= 11 is 0.526. The standard InChI is InChI=1S/C34H52N3O13.Sn.H/c38-17-21-48-23-22-46-20-16-36-32(41)26-49-25-24-47-19-15-35-30(39)14-13-29(34(44)45)37-31(40)8-6-4-2-1-3-5-7-18-50-28-11-9-27(10-12-28)33(42)43;;/h9-12,29H,1-8,13-16,18-26H2,(H,35,39)(H,36,41)(H,37,40)(H,42,43)(H,44,45);;/t29-;;/m0../s1. The molecule has 286 valence electrons. The first-order chi connectivity index (χ1) is 24.6. The van der Waals surface area contributed by atoms with E-state index in [2.05, 4.69) is 16.0 Å². The van der Waals surface area contributed by atoms with Gasteiger partial charge in [0.15, 0.2) is 0 Å². The molecule has 3 amide bonds. The Morgan fingerprint density at radius 3 is 1.75 bits per heavy atom. The first-order valence-electron chi connectivity index (χ1n) is 17.2. The summed E-state index contributed by atoms with van der Waals surface area (Å²) in [5, 5.41) is 26.2. The summed E-state index contributed by atoms with van der Waals surface area (Å²) < 4.78 is 26.7. The van der Waals surface area contributed by atoms with Gasteiger partial charge in [-0.05, 0) is 43.5 Å². The number of hydrogen-bond acceptors (Lipinski definition) is 11. The van der Waals surface area contributed by atoms with Crippen molar-refractivity contribution < 1.29 is 62.7 Å². The molecule has 0 saturated carbocycles. The van der Waals surface area contributed by atoms with Crippen molar-refractivity contribution in [1.29, 1.82) is 0 Å². The van der Waals surface area contributed by atoms with Crippen molar-refractivity contribution in [2.24, 2.45) is 0 Å². The van der Waals surface area contributed by atoms with Crippen LogP contribution in [-0.4, -0.2) is 145 Å². The number of aliphatic carboxylic acids is 1. The van der Waals surface area contributed by atoms with Crippen LogP contribution in [0.5, 0.6) is 5.75 Å². The maximum atomic E-state index is 12.3. The molecule has 16 nitrogen and oxygen atoms in total. The average Bonchev–Trinajstić information content (AvgIpc) is 3.09. The zero-order chi connectivity index (χ0) is 37.5. The molecule has 2 radical (unpaired) electrons. The van der Waals surface area contributed by atoms with Crippen molar-refractivity contribution in [3.63, 3.8) is 0 Å².